The van der Waals surface area contributed by atoms with E-state index >= 15 is 0 Å². The Bertz CT molecular complexity index is 513. The Hall–Kier alpha value is -0.950. The number of hydrogen-bond donors (Lipinski definition) is 1. The molecule has 0 aliphatic rings. The van der Waals surface area contributed by atoms with E-state index in [1.165, 1.54) is 0 Å². The SMILES string of the molecule is CCN(CC)CCOCCNS(=O)(=O)c1ccccc1C. The second-order valence-corrected chi connectivity index (χ2v) is 6.54. The molecule has 0 aromatic heterocycles. The van der Waals surface area contributed by atoms with Crippen molar-refractivity contribution in [1.29, 1.82) is 0 Å². The molecular formula is C15H26N2O3S. The molecule has 5 nitrogen and oxygen atoms in total. The van der Waals surface area contributed by atoms with Gasteiger partial charge in [-0.15, -0.1) is 0 Å². The highest BCUT2D eigenvalue weighted by Gasteiger charge is 2.15. The van der Waals surface area contributed by atoms with E-state index < -0.39 is 10.0 Å². The Morgan fingerprint density at radius 3 is 2.43 bits per heavy atom. The van der Waals surface area contributed by atoms with Crippen LogP contribution in [0.5, 0.6) is 0 Å². The van der Waals surface area contributed by atoms with Gasteiger partial charge < -0.3 is 9.64 Å². The van der Waals surface area contributed by atoms with E-state index in [0.29, 0.717) is 18.1 Å². The van der Waals surface area contributed by atoms with E-state index in [-0.39, 0.29) is 6.54 Å². The summed E-state index contributed by atoms with van der Waals surface area (Å²) < 4.78 is 32.2. The maximum atomic E-state index is 12.1. The predicted octanol–water partition coefficient (Wildman–Crippen LogP) is 1.63. The zero-order valence-electron chi connectivity index (χ0n) is 13.1. The van der Waals surface area contributed by atoms with E-state index in [0.717, 1.165) is 25.2 Å². The minimum atomic E-state index is -3.44. The predicted molar refractivity (Wildman–Crippen MR) is 85.0 cm³/mol. The van der Waals surface area contributed by atoms with Gasteiger partial charge in [-0.2, -0.15) is 0 Å². The second-order valence-electron chi connectivity index (χ2n) is 4.80. The average molecular weight is 314 g/mol. The molecule has 120 valence electrons. The lowest BCUT2D eigenvalue weighted by Gasteiger charge is -2.17. The van der Waals surface area contributed by atoms with Crippen molar-refractivity contribution in [2.75, 3.05) is 39.4 Å². The molecule has 1 aromatic rings. The topological polar surface area (TPSA) is 58.6 Å². The van der Waals surface area contributed by atoms with Gasteiger partial charge >= 0.3 is 0 Å². The van der Waals surface area contributed by atoms with Crippen LogP contribution in [0.2, 0.25) is 0 Å². The van der Waals surface area contributed by atoms with Gasteiger partial charge in [0.1, 0.15) is 0 Å². The van der Waals surface area contributed by atoms with Crippen LogP contribution in [-0.4, -0.2) is 52.7 Å². The molecule has 0 amide bonds. The van der Waals surface area contributed by atoms with Crippen LogP contribution in [0.15, 0.2) is 29.2 Å². The minimum Gasteiger partial charge on any atom is -0.379 e. The number of sulfonamides is 1. The molecule has 1 N–H and O–H groups in total. The lowest BCUT2D eigenvalue weighted by molar-refractivity contribution is 0.111. The van der Waals surface area contributed by atoms with Crippen molar-refractivity contribution in [3.63, 3.8) is 0 Å². The lowest BCUT2D eigenvalue weighted by Crippen LogP contribution is -2.30. The fraction of sp³-hybridized carbons (Fsp3) is 0.600. The number of ether oxygens (including phenoxy) is 1. The summed E-state index contributed by atoms with van der Waals surface area (Å²) in [5.74, 6) is 0. The Balaban J connectivity index is 2.31. The van der Waals surface area contributed by atoms with Crippen LogP contribution in [0, 0.1) is 6.92 Å². The zero-order valence-corrected chi connectivity index (χ0v) is 13.9. The summed E-state index contributed by atoms with van der Waals surface area (Å²) in [6.07, 6.45) is 0. The molecule has 0 saturated carbocycles. The van der Waals surface area contributed by atoms with E-state index in [2.05, 4.69) is 23.5 Å². The number of nitrogens with one attached hydrogen (secondary N) is 1. The molecule has 1 rings (SSSR count). The summed E-state index contributed by atoms with van der Waals surface area (Å²) in [6, 6.07) is 6.95. The number of benzene rings is 1. The molecule has 0 unspecified atom stereocenters. The average Bonchev–Trinajstić information content (AvgIpc) is 2.47. The van der Waals surface area contributed by atoms with Gasteiger partial charge in [-0.3, -0.25) is 0 Å². The van der Waals surface area contributed by atoms with Crippen LogP contribution in [0.3, 0.4) is 0 Å². The molecule has 6 heteroatoms. The normalized spacial score (nSPS) is 12.0. The molecule has 21 heavy (non-hydrogen) atoms. The Kier molecular flexibility index (Phi) is 7.88. The van der Waals surface area contributed by atoms with Crippen LogP contribution in [-0.2, 0) is 14.8 Å². The van der Waals surface area contributed by atoms with Crippen molar-refractivity contribution in [2.24, 2.45) is 0 Å². The van der Waals surface area contributed by atoms with Crippen molar-refractivity contribution in [3.05, 3.63) is 29.8 Å². The molecule has 0 saturated heterocycles. The monoisotopic (exact) mass is 314 g/mol. The van der Waals surface area contributed by atoms with Gasteiger partial charge in [-0.05, 0) is 31.6 Å². The molecule has 0 heterocycles. The second kappa shape index (κ2) is 9.15. The third-order valence-corrected chi connectivity index (χ3v) is 4.99. The van der Waals surface area contributed by atoms with Gasteiger partial charge in [0.25, 0.3) is 0 Å². The molecule has 0 spiro atoms. The van der Waals surface area contributed by atoms with Crippen molar-refractivity contribution in [2.45, 2.75) is 25.7 Å². The fourth-order valence-electron chi connectivity index (χ4n) is 2.02. The van der Waals surface area contributed by atoms with Crippen LogP contribution in [0.25, 0.3) is 0 Å². The van der Waals surface area contributed by atoms with Gasteiger partial charge in [0.05, 0.1) is 18.1 Å². The largest absolute Gasteiger partial charge is 0.379 e. The first-order valence-corrected chi connectivity index (χ1v) is 8.85. The Morgan fingerprint density at radius 1 is 1.14 bits per heavy atom. The van der Waals surface area contributed by atoms with Crippen LogP contribution < -0.4 is 4.72 Å². The van der Waals surface area contributed by atoms with Gasteiger partial charge in [-0.1, -0.05) is 32.0 Å². The fourth-order valence-corrected chi connectivity index (χ4v) is 3.28. The summed E-state index contributed by atoms with van der Waals surface area (Å²) in [6.45, 7) is 10.2. The lowest BCUT2D eigenvalue weighted by atomic mass is 10.2. The summed E-state index contributed by atoms with van der Waals surface area (Å²) >= 11 is 0. The van der Waals surface area contributed by atoms with Gasteiger partial charge in [0, 0.05) is 13.1 Å². The van der Waals surface area contributed by atoms with E-state index in [9.17, 15) is 8.42 Å². The first kappa shape index (κ1) is 18.1. The maximum absolute atomic E-state index is 12.1. The van der Waals surface area contributed by atoms with Crippen molar-refractivity contribution in [1.82, 2.24) is 9.62 Å². The molecule has 0 atom stereocenters. The summed E-state index contributed by atoms with van der Waals surface area (Å²) in [5.41, 5.74) is 0.743. The molecule has 0 radical (unpaired) electrons. The smallest absolute Gasteiger partial charge is 0.240 e. The number of nitrogens with zero attached hydrogens (tertiary/aromatic N) is 1. The summed E-state index contributed by atoms with van der Waals surface area (Å²) in [7, 11) is -3.44. The van der Waals surface area contributed by atoms with Crippen LogP contribution in [0.1, 0.15) is 19.4 Å². The van der Waals surface area contributed by atoms with E-state index in [1.807, 2.05) is 6.07 Å². The molecule has 1 aromatic carbocycles. The van der Waals surface area contributed by atoms with Crippen molar-refractivity contribution in [3.8, 4) is 0 Å². The third kappa shape index (κ3) is 6.13. The standard InChI is InChI=1S/C15H26N2O3S/c1-4-17(5-2)11-13-20-12-10-16-21(18,19)15-9-7-6-8-14(15)3/h6-9,16H,4-5,10-13H2,1-3H3. The highest BCUT2D eigenvalue weighted by atomic mass is 32.2. The number of aryl methyl sites for hydroxylation is 1. The first-order chi connectivity index (χ1) is 10.0. The van der Waals surface area contributed by atoms with E-state index in [4.69, 9.17) is 4.74 Å². The Morgan fingerprint density at radius 2 is 1.81 bits per heavy atom. The van der Waals surface area contributed by atoms with Crippen molar-refractivity contribution >= 4 is 10.0 Å². The van der Waals surface area contributed by atoms with Gasteiger partial charge in [0.2, 0.25) is 10.0 Å². The highest BCUT2D eigenvalue weighted by molar-refractivity contribution is 7.89. The number of rotatable bonds is 10. The first-order valence-electron chi connectivity index (χ1n) is 7.36. The molecule has 0 fully saturated rings. The third-order valence-electron chi connectivity index (χ3n) is 3.37. The van der Waals surface area contributed by atoms with Gasteiger partial charge in [0.15, 0.2) is 0 Å². The molecule has 0 aliphatic carbocycles. The quantitative estimate of drug-likeness (QED) is 0.667. The zero-order chi connectivity index (χ0) is 15.7. The summed E-state index contributed by atoms with van der Waals surface area (Å²) in [4.78, 5) is 2.59. The van der Waals surface area contributed by atoms with E-state index in [1.54, 1.807) is 25.1 Å². The maximum Gasteiger partial charge on any atom is 0.240 e. The van der Waals surface area contributed by atoms with Gasteiger partial charge in [-0.25, -0.2) is 13.1 Å². The van der Waals surface area contributed by atoms with Crippen LogP contribution >= 0.6 is 0 Å². The molecular weight excluding hydrogens is 288 g/mol. The van der Waals surface area contributed by atoms with Crippen LogP contribution in [0.4, 0.5) is 0 Å². The number of hydrogen-bond acceptors (Lipinski definition) is 4. The molecule has 0 bridgehead atoms. The molecule has 0 aliphatic heterocycles. The number of likely N-dealkylation sites (N-methyl/N-ethyl adjacent to an activating group) is 1. The highest BCUT2D eigenvalue weighted by Crippen LogP contribution is 2.13. The van der Waals surface area contributed by atoms with Crippen molar-refractivity contribution < 1.29 is 13.2 Å². The Labute approximate surface area is 128 Å². The summed E-state index contributed by atoms with van der Waals surface area (Å²) in [5, 5.41) is 0. The minimum absolute atomic E-state index is 0.287.